The molecule has 0 radical (unpaired) electrons. The fraction of sp³-hybridized carbons (Fsp3) is 0.538. The maximum absolute atomic E-state index is 12.4. The van der Waals surface area contributed by atoms with E-state index in [0.717, 1.165) is 17.5 Å². The van der Waals surface area contributed by atoms with E-state index in [9.17, 15) is 8.42 Å². The van der Waals surface area contributed by atoms with Gasteiger partial charge in [0.05, 0.1) is 4.90 Å². The van der Waals surface area contributed by atoms with Crippen LogP contribution in [-0.2, 0) is 10.0 Å². The Morgan fingerprint density at radius 3 is 2.39 bits per heavy atom. The van der Waals surface area contributed by atoms with Crippen LogP contribution in [0.25, 0.3) is 0 Å². The highest BCUT2D eigenvalue weighted by molar-refractivity contribution is 7.89. The largest absolute Gasteiger partial charge is 0.323 e. The van der Waals surface area contributed by atoms with Crippen molar-refractivity contribution < 1.29 is 8.42 Å². The minimum atomic E-state index is -3.37. The van der Waals surface area contributed by atoms with E-state index in [-0.39, 0.29) is 5.54 Å². The van der Waals surface area contributed by atoms with Gasteiger partial charge in [0.15, 0.2) is 0 Å². The molecule has 1 heterocycles. The first-order valence-electron chi connectivity index (χ1n) is 6.15. The minimum Gasteiger partial charge on any atom is -0.323 e. The Morgan fingerprint density at radius 2 is 1.89 bits per heavy atom. The van der Waals surface area contributed by atoms with E-state index in [1.807, 2.05) is 26.8 Å². The molecule has 5 heteroatoms. The zero-order valence-electron chi connectivity index (χ0n) is 11.1. The molecule has 100 valence electrons. The molecule has 4 nitrogen and oxygen atoms in total. The summed E-state index contributed by atoms with van der Waals surface area (Å²) >= 11 is 0. The van der Waals surface area contributed by atoms with Crippen molar-refractivity contribution in [2.75, 3.05) is 13.1 Å². The molecule has 1 fully saturated rings. The first kappa shape index (κ1) is 13.5. The van der Waals surface area contributed by atoms with Gasteiger partial charge < -0.3 is 5.73 Å². The molecule has 1 aliphatic rings. The first-order valence-corrected chi connectivity index (χ1v) is 7.59. The molecule has 0 saturated carbocycles. The fourth-order valence-electron chi connectivity index (χ4n) is 2.07. The van der Waals surface area contributed by atoms with Gasteiger partial charge in [-0.15, -0.1) is 0 Å². The molecule has 1 aromatic rings. The second-order valence-corrected chi connectivity index (χ2v) is 7.17. The Balaban J connectivity index is 2.25. The molecule has 1 saturated heterocycles. The summed E-state index contributed by atoms with van der Waals surface area (Å²) in [6.07, 6.45) is 0.798. The Hall–Kier alpha value is -0.910. The van der Waals surface area contributed by atoms with Gasteiger partial charge in [0.25, 0.3) is 0 Å². The van der Waals surface area contributed by atoms with Crippen LogP contribution in [0.1, 0.15) is 24.5 Å². The van der Waals surface area contributed by atoms with E-state index in [0.29, 0.717) is 18.0 Å². The number of hydrogen-bond acceptors (Lipinski definition) is 3. The van der Waals surface area contributed by atoms with Crippen molar-refractivity contribution in [3.8, 4) is 0 Å². The summed E-state index contributed by atoms with van der Waals surface area (Å²) < 4.78 is 26.2. The van der Waals surface area contributed by atoms with E-state index >= 15 is 0 Å². The first-order chi connectivity index (χ1) is 8.28. The second-order valence-electron chi connectivity index (χ2n) is 5.24. The van der Waals surface area contributed by atoms with Crippen LogP contribution in [0.2, 0.25) is 0 Å². The molecule has 0 aromatic heterocycles. The Kier molecular flexibility index (Phi) is 3.25. The van der Waals surface area contributed by atoms with Crippen molar-refractivity contribution in [3.05, 3.63) is 29.3 Å². The van der Waals surface area contributed by atoms with E-state index in [2.05, 4.69) is 0 Å². The number of benzene rings is 1. The lowest BCUT2D eigenvalue weighted by molar-refractivity contribution is 0.153. The molecule has 0 spiro atoms. The van der Waals surface area contributed by atoms with Crippen molar-refractivity contribution in [3.63, 3.8) is 0 Å². The average molecular weight is 268 g/mol. The van der Waals surface area contributed by atoms with Crippen LogP contribution in [0.5, 0.6) is 0 Å². The van der Waals surface area contributed by atoms with Gasteiger partial charge in [0.2, 0.25) is 10.0 Å². The third-order valence-corrected chi connectivity index (χ3v) is 5.59. The molecule has 1 aliphatic heterocycles. The van der Waals surface area contributed by atoms with Gasteiger partial charge >= 0.3 is 0 Å². The molecular formula is C13H20N2O2S. The summed E-state index contributed by atoms with van der Waals surface area (Å²) in [6.45, 7) is 6.71. The van der Waals surface area contributed by atoms with Gasteiger partial charge in [-0.05, 0) is 43.5 Å². The van der Waals surface area contributed by atoms with Gasteiger partial charge in [-0.2, -0.15) is 4.31 Å². The molecule has 0 bridgehead atoms. The third-order valence-electron chi connectivity index (χ3n) is 3.80. The highest BCUT2D eigenvalue weighted by atomic mass is 32.2. The molecule has 0 amide bonds. The maximum Gasteiger partial charge on any atom is 0.243 e. The Morgan fingerprint density at radius 1 is 1.28 bits per heavy atom. The van der Waals surface area contributed by atoms with Gasteiger partial charge in [-0.3, -0.25) is 0 Å². The maximum atomic E-state index is 12.4. The summed E-state index contributed by atoms with van der Waals surface area (Å²) in [5, 5.41) is 0. The van der Waals surface area contributed by atoms with Gasteiger partial charge in [0, 0.05) is 18.6 Å². The lowest BCUT2D eigenvalue weighted by atomic mass is 9.91. The number of hydrogen-bond donors (Lipinski definition) is 1. The molecule has 2 rings (SSSR count). The van der Waals surface area contributed by atoms with E-state index in [1.165, 1.54) is 4.31 Å². The van der Waals surface area contributed by atoms with E-state index in [4.69, 9.17) is 5.73 Å². The van der Waals surface area contributed by atoms with Crippen LogP contribution in [0, 0.1) is 13.8 Å². The molecule has 2 N–H and O–H groups in total. The predicted molar refractivity (Wildman–Crippen MR) is 71.9 cm³/mol. The van der Waals surface area contributed by atoms with Crippen molar-refractivity contribution in [2.24, 2.45) is 5.73 Å². The SMILES string of the molecule is CCC1(N)CN(S(=O)(=O)c2ccc(C)c(C)c2)C1. The average Bonchev–Trinajstić information content (AvgIpc) is 2.28. The highest BCUT2D eigenvalue weighted by Gasteiger charge is 2.44. The molecular weight excluding hydrogens is 248 g/mol. The summed E-state index contributed by atoms with van der Waals surface area (Å²) in [5.41, 5.74) is 7.76. The summed E-state index contributed by atoms with van der Waals surface area (Å²) in [7, 11) is -3.37. The molecule has 0 aliphatic carbocycles. The molecule has 0 atom stereocenters. The van der Waals surface area contributed by atoms with Crippen LogP contribution < -0.4 is 5.73 Å². The van der Waals surface area contributed by atoms with Crippen LogP contribution in [0.4, 0.5) is 0 Å². The van der Waals surface area contributed by atoms with Gasteiger partial charge in [0.1, 0.15) is 0 Å². The van der Waals surface area contributed by atoms with E-state index in [1.54, 1.807) is 12.1 Å². The van der Waals surface area contributed by atoms with Crippen LogP contribution in [0.3, 0.4) is 0 Å². The van der Waals surface area contributed by atoms with Crippen molar-refractivity contribution in [2.45, 2.75) is 37.6 Å². The number of nitrogens with two attached hydrogens (primary N) is 1. The smallest absolute Gasteiger partial charge is 0.243 e. The van der Waals surface area contributed by atoms with Crippen molar-refractivity contribution in [1.82, 2.24) is 4.31 Å². The predicted octanol–water partition coefficient (Wildman–Crippen LogP) is 1.42. The fourth-order valence-corrected chi connectivity index (χ4v) is 3.79. The van der Waals surface area contributed by atoms with Crippen LogP contribution in [0.15, 0.2) is 23.1 Å². The van der Waals surface area contributed by atoms with Gasteiger partial charge in [-0.25, -0.2) is 8.42 Å². The number of sulfonamides is 1. The summed E-state index contributed by atoms with van der Waals surface area (Å²) in [6, 6.07) is 5.24. The van der Waals surface area contributed by atoms with Crippen LogP contribution >= 0.6 is 0 Å². The quantitative estimate of drug-likeness (QED) is 0.901. The van der Waals surface area contributed by atoms with Crippen molar-refractivity contribution in [1.29, 1.82) is 0 Å². The van der Waals surface area contributed by atoms with E-state index < -0.39 is 10.0 Å². The Labute approximate surface area is 109 Å². The molecule has 1 aromatic carbocycles. The minimum absolute atomic E-state index is 0.340. The molecule has 0 unspecified atom stereocenters. The summed E-state index contributed by atoms with van der Waals surface area (Å²) in [4.78, 5) is 0.365. The van der Waals surface area contributed by atoms with Crippen molar-refractivity contribution >= 4 is 10.0 Å². The monoisotopic (exact) mass is 268 g/mol. The summed E-state index contributed by atoms with van der Waals surface area (Å²) in [5.74, 6) is 0. The number of aryl methyl sites for hydroxylation is 2. The third kappa shape index (κ3) is 2.18. The second kappa shape index (κ2) is 4.33. The van der Waals surface area contributed by atoms with Crippen LogP contribution in [-0.4, -0.2) is 31.4 Å². The standard InChI is InChI=1S/C13H20N2O2S/c1-4-13(14)8-15(9-13)18(16,17)12-6-5-10(2)11(3)7-12/h5-7H,4,8-9,14H2,1-3H3. The lowest BCUT2D eigenvalue weighted by Crippen LogP contribution is -2.68. The molecule has 18 heavy (non-hydrogen) atoms. The highest BCUT2D eigenvalue weighted by Crippen LogP contribution is 2.29. The lowest BCUT2D eigenvalue weighted by Gasteiger charge is -2.46. The number of nitrogens with zero attached hydrogens (tertiary/aromatic N) is 1. The normalized spacial score (nSPS) is 19.6. The Bertz CT molecular complexity index is 560. The van der Waals surface area contributed by atoms with Gasteiger partial charge in [-0.1, -0.05) is 13.0 Å². The zero-order valence-corrected chi connectivity index (χ0v) is 11.9. The number of rotatable bonds is 3. The zero-order chi connectivity index (χ0) is 13.6. The topological polar surface area (TPSA) is 63.4 Å².